The molecule has 2 aliphatic heterocycles. The highest BCUT2D eigenvalue weighted by atomic mass is 32.2. The summed E-state index contributed by atoms with van der Waals surface area (Å²) in [6.45, 7) is 1.19. The van der Waals surface area contributed by atoms with E-state index in [1.54, 1.807) is 17.0 Å². The number of anilines is 1. The van der Waals surface area contributed by atoms with E-state index in [1.807, 2.05) is 0 Å². The van der Waals surface area contributed by atoms with E-state index in [9.17, 15) is 21.6 Å². The van der Waals surface area contributed by atoms with Crippen LogP contribution in [0.25, 0.3) is 0 Å². The molecule has 0 radical (unpaired) electrons. The van der Waals surface area contributed by atoms with Gasteiger partial charge in [0, 0.05) is 37.8 Å². The molecule has 26 heavy (non-hydrogen) atoms. The van der Waals surface area contributed by atoms with Crippen molar-refractivity contribution >= 4 is 31.6 Å². The minimum absolute atomic E-state index is 0.0565. The average molecular weight is 402 g/mol. The molecular weight excluding hydrogens is 378 g/mol. The third kappa shape index (κ3) is 4.25. The molecule has 1 aromatic carbocycles. The van der Waals surface area contributed by atoms with Crippen LogP contribution in [0.15, 0.2) is 29.2 Å². The molecule has 10 heteroatoms. The number of hydrogen-bond donors (Lipinski definition) is 1. The van der Waals surface area contributed by atoms with E-state index in [0.717, 1.165) is 12.7 Å². The van der Waals surface area contributed by atoms with Crippen LogP contribution in [0.2, 0.25) is 0 Å². The van der Waals surface area contributed by atoms with E-state index >= 15 is 0 Å². The van der Waals surface area contributed by atoms with Crippen LogP contribution >= 0.6 is 0 Å². The van der Waals surface area contributed by atoms with E-state index in [4.69, 9.17) is 0 Å². The first-order valence-electron chi connectivity index (χ1n) is 8.55. The Labute approximate surface area is 154 Å². The molecule has 1 N–H and O–H groups in total. The Hall–Kier alpha value is -1.49. The van der Waals surface area contributed by atoms with Gasteiger partial charge in [0.1, 0.15) is 0 Å². The molecule has 0 unspecified atom stereocenters. The molecule has 2 fully saturated rings. The number of nitrogens with zero attached hydrogens (tertiary/aromatic N) is 2. The van der Waals surface area contributed by atoms with Crippen molar-refractivity contribution in [2.45, 2.75) is 36.6 Å². The van der Waals surface area contributed by atoms with Crippen molar-refractivity contribution in [2.75, 3.05) is 30.8 Å². The topological polar surface area (TPSA) is 104 Å². The molecule has 2 heterocycles. The van der Waals surface area contributed by atoms with Crippen molar-refractivity contribution in [3.63, 3.8) is 0 Å². The highest BCUT2D eigenvalue weighted by molar-refractivity contribution is 7.89. The molecule has 0 saturated carbocycles. The molecule has 0 aromatic heterocycles. The van der Waals surface area contributed by atoms with E-state index in [1.165, 1.54) is 16.4 Å². The Morgan fingerprint density at radius 3 is 2.12 bits per heavy atom. The number of piperidine rings is 1. The van der Waals surface area contributed by atoms with E-state index in [2.05, 4.69) is 4.72 Å². The van der Waals surface area contributed by atoms with Crippen LogP contribution in [0.3, 0.4) is 0 Å². The van der Waals surface area contributed by atoms with Gasteiger partial charge in [0.05, 0.1) is 11.2 Å². The van der Waals surface area contributed by atoms with Gasteiger partial charge in [0.15, 0.2) is 0 Å². The summed E-state index contributed by atoms with van der Waals surface area (Å²) < 4.78 is 52.1. The van der Waals surface area contributed by atoms with Gasteiger partial charge in [-0.25, -0.2) is 21.6 Å². The Morgan fingerprint density at radius 1 is 1.00 bits per heavy atom. The number of benzene rings is 1. The zero-order valence-corrected chi connectivity index (χ0v) is 16.2. The van der Waals surface area contributed by atoms with Crippen LogP contribution in [-0.2, 0) is 24.8 Å². The molecule has 0 bridgehead atoms. The fourth-order valence-corrected chi connectivity index (χ4v) is 5.70. The highest BCUT2D eigenvalue weighted by Crippen LogP contribution is 2.26. The van der Waals surface area contributed by atoms with Crippen LogP contribution in [0.5, 0.6) is 0 Å². The minimum atomic E-state index is -3.63. The zero-order valence-electron chi connectivity index (χ0n) is 14.6. The van der Waals surface area contributed by atoms with Crippen LogP contribution in [-0.4, -0.2) is 59.0 Å². The molecule has 2 saturated heterocycles. The zero-order chi connectivity index (χ0) is 18.9. The Morgan fingerprint density at radius 2 is 1.62 bits per heavy atom. The number of nitrogens with one attached hydrogen (secondary N) is 1. The lowest BCUT2D eigenvalue weighted by molar-refractivity contribution is -0.117. The van der Waals surface area contributed by atoms with Crippen LogP contribution in [0, 0.1) is 0 Å². The largest absolute Gasteiger partial charge is 0.312 e. The van der Waals surface area contributed by atoms with Gasteiger partial charge >= 0.3 is 0 Å². The lowest BCUT2D eigenvalue weighted by Crippen LogP contribution is -2.46. The number of sulfonamides is 2. The summed E-state index contributed by atoms with van der Waals surface area (Å²) in [5.41, 5.74) is 0.711. The van der Waals surface area contributed by atoms with Crippen molar-refractivity contribution in [3.05, 3.63) is 24.3 Å². The standard InChI is InChI=1S/C16H23N3O5S2/c1-25(21,22)17-13-8-11-18(12-9-13)26(23,24)15-6-4-14(5-7-15)19-10-2-3-16(19)20/h4-7,13,17H,2-3,8-12H2,1H3. The molecule has 0 aliphatic carbocycles. The molecule has 0 spiro atoms. The summed E-state index contributed by atoms with van der Waals surface area (Å²) in [6.07, 6.45) is 3.31. The van der Waals surface area contributed by atoms with Gasteiger partial charge in [-0.2, -0.15) is 4.31 Å². The Bertz CT molecular complexity index is 873. The summed E-state index contributed by atoms with van der Waals surface area (Å²) in [6, 6.07) is 6.14. The second-order valence-electron chi connectivity index (χ2n) is 6.71. The second kappa shape index (κ2) is 7.26. The summed E-state index contributed by atoms with van der Waals surface area (Å²) in [7, 11) is -6.93. The predicted molar refractivity (Wildman–Crippen MR) is 97.8 cm³/mol. The van der Waals surface area contributed by atoms with Crippen molar-refractivity contribution in [2.24, 2.45) is 0 Å². The van der Waals surface area contributed by atoms with Crippen molar-refractivity contribution in [1.82, 2.24) is 9.03 Å². The summed E-state index contributed by atoms with van der Waals surface area (Å²) in [4.78, 5) is 13.6. The van der Waals surface area contributed by atoms with Gasteiger partial charge < -0.3 is 4.90 Å². The van der Waals surface area contributed by atoms with Gasteiger partial charge in [-0.1, -0.05) is 0 Å². The van der Waals surface area contributed by atoms with E-state index in [0.29, 0.717) is 31.5 Å². The molecule has 144 valence electrons. The number of hydrogen-bond acceptors (Lipinski definition) is 5. The van der Waals surface area contributed by atoms with Gasteiger partial charge in [0.2, 0.25) is 26.0 Å². The summed E-state index contributed by atoms with van der Waals surface area (Å²) >= 11 is 0. The van der Waals surface area contributed by atoms with Crippen LogP contribution < -0.4 is 9.62 Å². The Kier molecular flexibility index (Phi) is 5.38. The molecule has 3 rings (SSSR count). The van der Waals surface area contributed by atoms with Gasteiger partial charge in [0.25, 0.3) is 0 Å². The van der Waals surface area contributed by atoms with E-state index in [-0.39, 0.29) is 29.9 Å². The van der Waals surface area contributed by atoms with Crippen LogP contribution in [0.1, 0.15) is 25.7 Å². The number of carbonyl (C=O) groups is 1. The minimum Gasteiger partial charge on any atom is -0.312 e. The lowest BCUT2D eigenvalue weighted by atomic mass is 10.1. The maximum Gasteiger partial charge on any atom is 0.243 e. The number of carbonyl (C=O) groups excluding carboxylic acids is 1. The fraction of sp³-hybridized carbons (Fsp3) is 0.562. The summed E-state index contributed by atoms with van der Waals surface area (Å²) in [5.74, 6) is 0.0565. The summed E-state index contributed by atoms with van der Waals surface area (Å²) in [5, 5.41) is 0. The fourth-order valence-electron chi connectivity index (χ4n) is 3.39. The first-order valence-corrected chi connectivity index (χ1v) is 11.9. The average Bonchev–Trinajstić information content (AvgIpc) is 3.00. The quantitative estimate of drug-likeness (QED) is 0.774. The van der Waals surface area contributed by atoms with Gasteiger partial charge in [-0.3, -0.25) is 4.79 Å². The maximum atomic E-state index is 12.8. The van der Waals surface area contributed by atoms with Gasteiger partial charge in [-0.05, 0) is 43.5 Å². The molecule has 8 nitrogen and oxygen atoms in total. The smallest absolute Gasteiger partial charge is 0.243 e. The molecule has 2 aliphatic rings. The molecule has 1 amide bonds. The molecular formula is C16H23N3O5S2. The van der Waals surface area contributed by atoms with Crippen molar-refractivity contribution in [3.8, 4) is 0 Å². The van der Waals surface area contributed by atoms with Crippen molar-refractivity contribution in [1.29, 1.82) is 0 Å². The number of amides is 1. The third-order valence-electron chi connectivity index (χ3n) is 4.69. The molecule has 1 aromatic rings. The first kappa shape index (κ1) is 19.3. The number of rotatable bonds is 5. The van der Waals surface area contributed by atoms with E-state index < -0.39 is 20.0 Å². The lowest BCUT2D eigenvalue weighted by Gasteiger charge is -2.31. The molecule has 0 atom stereocenters. The van der Waals surface area contributed by atoms with Gasteiger partial charge in [-0.15, -0.1) is 0 Å². The Balaban J connectivity index is 1.68. The first-order chi connectivity index (χ1) is 12.2. The van der Waals surface area contributed by atoms with Crippen molar-refractivity contribution < 1.29 is 21.6 Å². The maximum absolute atomic E-state index is 12.8. The SMILES string of the molecule is CS(=O)(=O)NC1CCN(S(=O)(=O)c2ccc(N3CCCC3=O)cc2)CC1. The highest BCUT2D eigenvalue weighted by Gasteiger charge is 2.30. The van der Waals surface area contributed by atoms with Crippen LogP contribution in [0.4, 0.5) is 5.69 Å². The second-order valence-corrected chi connectivity index (χ2v) is 10.4. The monoisotopic (exact) mass is 401 g/mol. The predicted octanol–water partition coefficient (Wildman–Crippen LogP) is 0.516. The normalized spacial score (nSPS) is 20.7. The third-order valence-corrected chi connectivity index (χ3v) is 7.37.